The SMILES string of the molecule is CC(C)CNC(=O)Nc1ccc(Cl)c(C(F)(F)F)c1. The summed E-state index contributed by atoms with van der Waals surface area (Å²) in [6.45, 7) is 4.25. The molecule has 19 heavy (non-hydrogen) atoms. The first kappa shape index (κ1) is 15.6. The van der Waals surface area contributed by atoms with Gasteiger partial charge in [0.05, 0.1) is 10.6 Å². The number of alkyl halides is 3. The first-order chi connectivity index (χ1) is 8.70. The summed E-state index contributed by atoms with van der Waals surface area (Å²) >= 11 is 5.47. The lowest BCUT2D eigenvalue weighted by atomic mass is 10.2. The Balaban J connectivity index is 2.78. The predicted molar refractivity (Wildman–Crippen MR) is 68.3 cm³/mol. The first-order valence-electron chi connectivity index (χ1n) is 5.61. The molecule has 0 aliphatic rings. The normalized spacial score (nSPS) is 11.5. The number of benzene rings is 1. The highest BCUT2D eigenvalue weighted by Gasteiger charge is 2.33. The lowest BCUT2D eigenvalue weighted by molar-refractivity contribution is -0.137. The van der Waals surface area contributed by atoms with E-state index in [4.69, 9.17) is 11.6 Å². The van der Waals surface area contributed by atoms with Gasteiger partial charge in [0, 0.05) is 12.2 Å². The second kappa shape index (κ2) is 6.14. The van der Waals surface area contributed by atoms with E-state index >= 15 is 0 Å². The minimum absolute atomic E-state index is 0.0398. The highest BCUT2D eigenvalue weighted by molar-refractivity contribution is 6.31. The van der Waals surface area contributed by atoms with Crippen molar-refractivity contribution in [1.82, 2.24) is 5.32 Å². The van der Waals surface area contributed by atoms with E-state index in [1.165, 1.54) is 6.07 Å². The van der Waals surface area contributed by atoms with Gasteiger partial charge in [-0.3, -0.25) is 0 Å². The zero-order valence-electron chi connectivity index (χ0n) is 10.4. The first-order valence-corrected chi connectivity index (χ1v) is 5.99. The molecule has 0 heterocycles. The summed E-state index contributed by atoms with van der Waals surface area (Å²) in [6.07, 6.45) is -4.55. The quantitative estimate of drug-likeness (QED) is 0.864. The monoisotopic (exact) mass is 294 g/mol. The molecule has 7 heteroatoms. The Hall–Kier alpha value is -1.43. The second-order valence-electron chi connectivity index (χ2n) is 4.42. The Morgan fingerprint density at radius 1 is 1.37 bits per heavy atom. The minimum Gasteiger partial charge on any atom is -0.338 e. The summed E-state index contributed by atoms with van der Waals surface area (Å²) < 4.78 is 37.8. The van der Waals surface area contributed by atoms with Crippen LogP contribution in [0.1, 0.15) is 19.4 Å². The number of hydrogen-bond acceptors (Lipinski definition) is 1. The van der Waals surface area contributed by atoms with Crippen molar-refractivity contribution in [1.29, 1.82) is 0 Å². The fourth-order valence-corrected chi connectivity index (χ4v) is 1.52. The molecule has 0 aliphatic heterocycles. The van der Waals surface area contributed by atoms with Gasteiger partial charge in [0.15, 0.2) is 0 Å². The molecule has 2 amide bonds. The summed E-state index contributed by atoms with van der Waals surface area (Å²) in [7, 11) is 0. The molecule has 106 valence electrons. The number of anilines is 1. The Labute approximate surface area is 114 Å². The van der Waals surface area contributed by atoms with Gasteiger partial charge in [-0.25, -0.2) is 4.79 Å². The Morgan fingerprint density at radius 2 is 2.00 bits per heavy atom. The molecule has 0 unspecified atom stereocenters. The van der Waals surface area contributed by atoms with Gasteiger partial charge >= 0.3 is 12.2 Å². The van der Waals surface area contributed by atoms with Crippen LogP contribution in [0.3, 0.4) is 0 Å². The second-order valence-corrected chi connectivity index (χ2v) is 4.83. The molecule has 0 atom stereocenters. The third-order valence-electron chi connectivity index (χ3n) is 2.20. The average molecular weight is 295 g/mol. The van der Waals surface area contributed by atoms with Crippen LogP contribution in [0.25, 0.3) is 0 Å². The molecule has 0 saturated heterocycles. The van der Waals surface area contributed by atoms with Gasteiger partial charge in [0.2, 0.25) is 0 Å². The van der Waals surface area contributed by atoms with Crippen LogP contribution < -0.4 is 10.6 Å². The molecule has 3 nitrogen and oxygen atoms in total. The molecule has 2 N–H and O–H groups in total. The van der Waals surface area contributed by atoms with Crippen LogP contribution in [-0.2, 0) is 6.18 Å². The topological polar surface area (TPSA) is 41.1 Å². The Bertz CT molecular complexity index is 461. The standard InChI is InChI=1S/C12H14ClF3N2O/c1-7(2)6-17-11(19)18-8-3-4-10(13)9(5-8)12(14,15)16/h3-5,7H,6H2,1-2H3,(H2,17,18,19). The molecule has 0 saturated carbocycles. The van der Waals surface area contributed by atoms with Crippen molar-refractivity contribution in [3.8, 4) is 0 Å². The smallest absolute Gasteiger partial charge is 0.338 e. The number of nitrogens with one attached hydrogen (secondary N) is 2. The van der Waals surface area contributed by atoms with Crippen molar-refractivity contribution in [3.05, 3.63) is 28.8 Å². The highest BCUT2D eigenvalue weighted by Crippen LogP contribution is 2.36. The van der Waals surface area contributed by atoms with Crippen molar-refractivity contribution < 1.29 is 18.0 Å². The van der Waals surface area contributed by atoms with Gasteiger partial charge in [0.25, 0.3) is 0 Å². The van der Waals surface area contributed by atoms with E-state index in [0.717, 1.165) is 12.1 Å². The molecular formula is C12H14ClF3N2O. The molecule has 0 aliphatic carbocycles. The number of amides is 2. The van der Waals surface area contributed by atoms with Gasteiger partial charge in [-0.2, -0.15) is 13.2 Å². The van der Waals surface area contributed by atoms with Gasteiger partial charge in [-0.15, -0.1) is 0 Å². The van der Waals surface area contributed by atoms with E-state index in [1.54, 1.807) is 0 Å². The fraction of sp³-hybridized carbons (Fsp3) is 0.417. The van der Waals surface area contributed by atoms with Gasteiger partial charge < -0.3 is 10.6 Å². The van der Waals surface area contributed by atoms with E-state index < -0.39 is 22.8 Å². The zero-order chi connectivity index (χ0) is 14.6. The van der Waals surface area contributed by atoms with Crippen molar-refractivity contribution >= 4 is 23.3 Å². The van der Waals surface area contributed by atoms with E-state index in [-0.39, 0.29) is 11.6 Å². The lowest BCUT2D eigenvalue weighted by Gasteiger charge is -2.13. The van der Waals surface area contributed by atoms with E-state index in [9.17, 15) is 18.0 Å². The highest BCUT2D eigenvalue weighted by atomic mass is 35.5. The number of rotatable bonds is 3. The van der Waals surface area contributed by atoms with Crippen LogP contribution >= 0.6 is 11.6 Å². The summed E-state index contributed by atoms with van der Waals surface area (Å²) in [5.41, 5.74) is -0.936. The lowest BCUT2D eigenvalue weighted by Crippen LogP contribution is -2.31. The number of urea groups is 1. The molecule has 0 radical (unpaired) electrons. The predicted octanol–water partition coefficient (Wildman–Crippen LogP) is 4.14. The maximum absolute atomic E-state index is 12.6. The number of hydrogen-bond donors (Lipinski definition) is 2. The third-order valence-corrected chi connectivity index (χ3v) is 2.53. The van der Waals surface area contributed by atoms with Crippen LogP contribution in [0.15, 0.2) is 18.2 Å². The van der Waals surface area contributed by atoms with Crippen molar-refractivity contribution in [3.63, 3.8) is 0 Å². The van der Waals surface area contributed by atoms with Gasteiger partial charge in [-0.1, -0.05) is 25.4 Å². The van der Waals surface area contributed by atoms with E-state index in [0.29, 0.717) is 6.54 Å². The van der Waals surface area contributed by atoms with Crippen LogP contribution in [-0.4, -0.2) is 12.6 Å². The van der Waals surface area contributed by atoms with E-state index in [1.807, 2.05) is 13.8 Å². The molecule has 1 aromatic rings. The number of halogens is 4. The molecule has 1 aromatic carbocycles. The number of carbonyl (C=O) groups is 1. The molecule has 1 rings (SSSR count). The summed E-state index contributed by atoms with van der Waals surface area (Å²) in [6, 6.07) is 2.66. The largest absolute Gasteiger partial charge is 0.417 e. The average Bonchev–Trinajstić information content (AvgIpc) is 2.27. The summed E-state index contributed by atoms with van der Waals surface area (Å²) in [5.74, 6) is 0.252. The van der Waals surface area contributed by atoms with Crippen LogP contribution in [0.4, 0.5) is 23.7 Å². The maximum atomic E-state index is 12.6. The molecule has 0 aromatic heterocycles. The molecular weight excluding hydrogens is 281 g/mol. The van der Waals surface area contributed by atoms with Gasteiger partial charge in [-0.05, 0) is 24.1 Å². The third kappa shape index (κ3) is 4.98. The number of carbonyl (C=O) groups excluding carboxylic acids is 1. The maximum Gasteiger partial charge on any atom is 0.417 e. The zero-order valence-corrected chi connectivity index (χ0v) is 11.2. The summed E-state index contributed by atoms with van der Waals surface area (Å²) in [5, 5.41) is 4.47. The van der Waals surface area contributed by atoms with Crippen molar-refractivity contribution in [2.24, 2.45) is 5.92 Å². The molecule has 0 fully saturated rings. The van der Waals surface area contributed by atoms with Gasteiger partial charge in [0.1, 0.15) is 0 Å². The van der Waals surface area contributed by atoms with Crippen LogP contribution in [0.2, 0.25) is 5.02 Å². The Kier molecular flexibility index (Phi) is 5.05. The van der Waals surface area contributed by atoms with Crippen LogP contribution in [0, 0.1) is 5.92 Å². The van der Waals surface area contributed by atoms with Crippen LogP contribution in [0.5, 0.6) is 0 Å². The molecule has 0 bridgehead atoms. The van der Waals surface area contributed by atoms with E-state index in [2.05, 4.69) is 10.6 Å². The fourth-order valence-electron chi connectivity index (χ4n) is 1.29. The summed E-state index contributed by atoms with van der Waals surface area (Å²) in [4.78, 5) is 11.4. The Morgan fingerprint density at radius 3 is 2.53 bits per heavy atom. The minimum atomic E-state index is -4.55. The van der Waals surface area contributed by atoms with Crippen molar-refractivity contribution in [2.75, 3.05) is 11.9 Å². The molecule has 0 spiro atoms. The van der Waals surface area contributed by atoms with Crippen molar-refractivity contribution in [2.45, 2.75) is 20.0 Å².